The molecule has 1 aromatic carbocycles. The molecule has 4 heterocycles. The predicted octanol–water partition coefficient (Wildman–Crippen LogP) is 3.28. The molecule has 0 aliphatic carbocycles. The lowest BCUT2D eigenvalue weighted by Crippen LogP contribution is -2.18. The van der Waals surface area contributed by atoms with E-state index in [1.54, 1.807) is 22.9 Å². The average Bonchev–Trinajstić information content (AvgIpc) is 3.52. The number of pyridine rings is 2. The van der Waals surface area contributed by atoms with E-state index in [4.69, 9.17) is 21.3 Å². The molecule has 9 nitrogen and oxygen atoms in total. The minimum atomic E-state index is -0.567. The van der Waals surface area contributed by atoms with Gasteiger partial charge in [0.25, 0.3) is 11.5 Å². The highest BCUT2D eigenvalue weighted by atomic mass is 16.5. The molecule has 1 aliphatic heterocycles. The Kier molecular flexibility index (Phi) is 7.11. The molecular formula is C29H32N6O3. The van der Waals surface area contributed by atoms with E-state index in [2.05, 4.69) is 4.98 Å². The van der Waals surface area contributed by atoms with Crippen molar-refractivity contribution in [3.05, 3.63) is 110 Å². The van der Waals surface area contributed by atoms with Crippen molar-refractivity contribution in [1.29, 1.82) is 0 Å². The van der Waals surface area contributed by atoms with Crippen LogP contribution in [0.4, 0.5) is 5.82 Å². The maximum absolute atomic E-state index is 12.5. The first-order chi connectivity index (χ1) is 18.3. The number of rotatable bonds is 8. The third kappa shape index (κ3) is 5.24. The molecule has 38 heavy (non-hydrogen) atoms. The average molecular weight is 513 g/mol. The molecule has 1 saturated heterocycles. The monoisotopic (exact) mass is 512 g/mol. The standard InChI is InChI=1S/C29H32N6O3/c1-18-14-25(30)32-19(2)22(18)15-23-27(24-6-5-13-38-24)28(29(31)37)33-35(23)17-21-10-8-20(9-11-21)16-34-12-4-3-7-26(34)36/h3-4,7-12,14,24H,5-6,13,15-17H2,1-2H3,(H2,30,32)(H2,31,37). The molecule has 1 amide bonds. The van der Waals surface area contributed by atoms with Crippen LogP contribution in [0, 0.1) is 13.8 Å². The van der Waals surface area contributed by atoms with Gasteiger partial charge < -0.3 is 20.8 Å². The fourth-order valence-electron chi connectivity index (χ4n) is 5.19. The lowest BCUT2D eigenvalue weighted by Gasteiger charge is -2.17. The van der Waals surface area contributed by atoms with E-state index in [1.807, 2.05) is 54.9 Å². The second-order valence-electron chi connectivity index (χ2n) is 9.82. The quantitative estimate of drug-likeness (QED) is 0.373. The first kappa shape index (κ1) is 25.4. The lowest BCUT2D eigenvalue weighted by atomic mass is 9.96. The van der Waals surface area contributed by atoms with Crippen LogP contribution < -0.4 is 17.0 Å². The molecule has 4 aromatic rings. The third-order valence-corrected chi connectivity index (χ3v) is 7.11. The lowest BCUT2D eigenvalue weighted by molar-refractivity contribution is 0.0963. The van der Waals surface area contributed by atoms with Gasteiger partial charge in [0.2, 0.25) is 0 Å². The molecule has 0 saturated carbocycles. The molecule has 0 spiro atoms. The molecule has 1 atom stereocenters. The first-order valence-corrected chi connectivity index (χ1v) is 12.8. The van der Waals surface area contributed by atoms with Gasteiger partial charge >= 0.3 is 0 Å². The highest BCUT2D eigenvalue weighted by Gasteiger charge is 2.31. The van der Waals surface area contributed by atoms with Gasteiger partial charge in [-0.05, 0) is 61.1 Å². The van der Waals surface area contributed by atoms with Gasteiger partial charge in [-0.1, -0.05) is 30.3 Å². The summed E-state index contributed by atoms with van der Waals surface area (Å²) in [6, 6.07) is 15.0. The van der Waals surface area contributed by atoms with Crippen molar-refractivity contribution in [2.75, 3.05) is 12.3 Å². The highest BCUT2D eigenvalue weighted by molar-refractivity contribution is 5.92. The molecule has 4 N–H and O–H groups in total. The van der Waals surface area contributed by atoms with Gasteiger partial charge in [-0.25, -0.2) is 4.98 Å². The van der Waals surface area contributed by atoms with Crippen molar-refractivity contribution in [2.24, 2.45) is 5.73 Å². The van der Waals surface area contributed by atoms with E-state index in [1.165, 1.54) is 0 Å². The molecule has 3 aromatic heterocycles. The number of benzene rings is 1. The zero-order chi connectivity index (χ0) is 26.8. The van der Waals surface area contributed by atoms with Crippen molar-refractivity contribution in [1.82, 2.24) is 19.3 Å². The Morgan fingerprint density at radius 1 is 1.11 bits per heavy atom. The van der Waals surface area contributed by atoms with Crippen LogP contribution in [0.2, 0.25) is 0 Å². The highest BCUT2D eigenvalue weighted by Crippen LogP contribution is 2.35. The summed E-state index contributed by atoms with van der Waals surface area (Å²) < 4.78 is 9.54. The first-order valence-electron chi connectivity index (χ1n) is 12.8. The van der Waals surface area contributed by atoms with Gasteiger partial charge in [0.1, 0.15) is 5.82 Å². The molecule has 1 aliphatic rings. The van der Waals surface area contributed by atoms with Gasteiger partial charge in [0.15, 0.2) is 5.69 Å². The summed E-state index contributed by atoms with van der Waals surface area (Å²) in [7, 11) is 0. The predicted molar refractivity (Wildman–Crippen MR) is 145 cm³/mol. The summed E-state index contributed by atoms with van der Waals surface area (Å²) in [5, 5.41) is 4.70. The fraction of sp³-hybridized carbons (Fsp3) is 0.310. The number of anilines is 1. The van der Waals surface area contributed by atoms with E-state index in [-0.39, 0.29) is 17.4 Å². The summed E-state index contributed by atoms with van der Waals surface area (Å²) in [5.41, 5.74) is 18.6. The number of amides is 1. The summed E-state index contributed by atoms with van der Waals surface area (Å²) in [6.45, 7) is 5.54. The smallest absolute Gasteiger partial charge is 0.269 e. The number of hydrogen-bond acceptors (Lipinski definition) is 6. The summed E-state index contributed by atoms with van der Waals surface area (Å²) in [4.78, 5) is 29.0. The van der Waals surface area contributed by atoms with Crippen LogP contribution in [0.25, 0.3) is 0 Å². The van der Waals surface area contributed by atoms with Crippen LogP contribution in [0.3, 0.4) is 0 Å². The van der Waals surface area contributed by atoms with Gasteiger partial charge in [-0.2, -0.15) is 5.10 Å². The third-order valence-electron chi connectivity index (χ3n) is 7.11. The van der Waals surface area contributed by atoms with Crippen LogP contribution in [0.1, 0.15) is 68.6 Å². The van der Waals surface area contributed by atoms with Crippen LogP contribution in [-0.2, 0) is 24.2 Å². The van der Waals surface area contributed by atoms with Crippen molar-refractivity contribution in [2.45, 2.75) is 52.3 Å². The fourth-order valence-corrected chi connectivity index (χ4v) is 5.19. The van der Waals surface area contributed by atoms with E-state index < -0.39 is 5.91 Å². The SMILES string of the molecule is Cc1cc(N)nc(C)c1Cc1c(C2CCCO2)c(C(N)=O)nn1Cc1ccc(Cn2ccccc2=O)cc1. The summed E-state index contributed by atoms with van der Waals surface area (Å²) >= 11 is 0. The van der Waals surface area contributed by atoms with Gasteiger partial charge in [-0.3, -0.25) is 14.3 Å². The van der Waals surface area contributed by atoms with Gasteiger partial charge in [0, 0.05) is 42.2 Å². The van der Waals surface area contributed by atoms with Gasteiger partial charge in [-0.15, -0.1) is 0 Å². The number of ether oxygens (including phenoxy) is 1. The maximum Gasteiger partial charge on any atom is 0.269 e. The molecular weight excluding hydrogens is 480 g/mol. The Labute approximate surface area is 221 Å². The number of primary amides is 1. The number of nitrogen functional groups attached to an aromatic ring is 1. The second-order valence-corrected chi connectivity index (χ2v) is 9.82. The summed E-state index contributed by atoms with van der Waals surface area (Å²) in [6.07, 6.45) is 3.80. The Morgan fingerprint density at radius 3 is 2.47 bits per heavy atom. The molecule has 1 fully saturated rings. The number of hydrogen-bond donors (Lipinski definition) is 2. The van der Waals surface area contributed by atoms with Crippen LogP contribution in [0.5, 0.6) is 0 Å². The number of carbonyl (C=O) groups excluding carboxylic acids is 1. The number of nitrogens with two attached hydrogens (primary N) is 2. The van der Waals surface area contributed by atoms with Crippen molar-refractivity contribution >= 4 is 11.7 Å². The number of aromatic nitrogens is 4. The Morgan fingerprint density at radius 2 is 1.84 bits per heavy atom. The number of aryl methyl sites for hydroxylation is 2. The van der Waals surface area contributed by atoms with E-state index in [9.17, 15) is 9.59 Å². The molecule has 0 radical (unpaired) electrons. The zero-order valence-electron chi connectivity index (χ0n) is 21.7. The zero-order valence-corrected chi connectivity index (χ0v) is 21.7. The van der Waals surface area contributed by atoms with E-state index in [0.29, 0.717) is 31.9 Å². The normalized spacial score (nSPS) is 15.2. The van der Waals surface area contributed by atoms with E-state index in [0.717, 1.165) is 52.0 Å². The van der Waals surface area contributed by atoms with Crippen molar-refractivity contribution in [3.63, 3.8) is 0 Å². The molecule has 9 heteroatoms. The molecule has 1 unspecified atom stereocenters. The second kappa shape index (κ2) is 10.6. The Hall–Kier alpha value is -4.24. The van der Waals surface area contributed by atoms with Crippen LogP contribution >= 0.6 is 0 Å². The maximum atomic E-state index is 12.5. The largest absolute Gasteiger partial charge is 0.384 e. The summed E-state index contributed by atoms with van der Waals surface area (Å²) in [5.74, 6) is -0.0877. The molecule has 5 rings (SSSR count). The Bertz CT molecular complexity index is 1510. The number of nitrogens with zero attached hydrogens (tertiary/aromatic N) is 4. The van der Waals surface area contributed by atoms with Crippen molar-refractivity contribution < 1.29 is 9.53 Å². The molecule has 196 valence electrons. The Balaban J connectivity index is 1.51. The minimum Gasteiger partial charge on any atom is -0.384 e. The van der Waals surface area contributed by atoms with E-state index >= 15 is 0 Å². The minimum absolute atomic E-state index is 0.0406. The topological polar surface area (TPSA) is 131 Å². The number of carbonyl (C=O) groups is 1. The van der Waals surface area contributed by atoms with Crippen molar-refractivity contribution in [3.8, 4) is 0 Å². The van der Waals surface area contributed by atoms with Crippen LogP contribution in [-0.4, -0.2) is 31.8 Å². The van der Waals surface area contributed by atoms with Gasteiger partial charge in [0.05, 0.1) is 19.2 Å². The molecule has 0 bridgehead atoms. The van der Waals surface area contributed by atoms with Crippen LogP contribution in [0.15, 0.2) is 59.5 Å².